The van der Waals surface area contributed by atoms with Crippen LogP contribution in [0.4, 0.5) is 11.7 Å². The molecule has 0 aliphatic rings. The van der Waals surface area contributed by atoms with E-state index in [4.69, 9.17) is 10.2 Å². The fraction of sp³-hybridized carbons (Fsp3) is 0.364. The molecule has 0 unspecified atom stereocenters. The largest absolute Gasteiger partial charge is 0.424 e. The first-order valence-electron chi connectivity index (χ1n) is 5.68. The number of sulfonamides is 1. The van der Waals surface area contributed by atoms with Gasteiger partial charge < -0.3 is 15.5 Å². The summed E-state index contributed by atoms with van der Waals surface area (Å²) in [6.07, 6.45) is 0. The van der Waals surface area contributed by atoms with Gasteiger partial charge >= 0.3 is 0 Å². The van der Waals surface area contributed by atoms with E-state index < -0.39 is 10.0 Å². The Hall–Kier alpha value is -1.80. The number of aromatic nitrogens is 1. The number of nitrogens with one attached hydrogen (secondary N) is 1. The Kier molecular flexibility index (Phi) is 3.63. The third kappa shape index (κ3) is 3.15. The summed E-state index contributed by atoms with van der Waals surface area (Å²) in [6.45, 7) is 0.225. The van der Waals surface area contributed by atoms with E-state index in [1.54, 1.807) is 18.2 Å². The number of benzene rings is 1. The van der Waals surface area contributed by atoms with Crippen LogP contribution < -0.4 is 11.1 Å². The number of nitrogens with zero attached hydrogens (tertiary/aromatic N) is 2. The SMILES string of the molecule is CN(C)S(=O)(=O)CCNc1nc2cc(N)ccc2o1. The van der Waals surface area contributed by atoms with Crippen molar-refractivity contribution in [3.63, 3.8) is 0 Å². The number of hydrogen-bond acceptors (Lipinski definition) is 6. The zero-order valence-corrected chi connectivity index (χ0v) is 11.6. The van der Waals surface area contributed by atoms with Gasteiger partial charge in [0.25, 0.3) is 6.01 Å². The smallest absolute Gasteiger partial charge is 0.295 e. The minimum Gasteiger partial charge on any atom is -0.424 e. The second-order valence-corrected chi connectivity index (χ2v) is 6.57. The maximum absolute atomic E-state index is 11.6. The maximum Gasteiger partial charge on any atom is 0.295 e. The van der Waals surface area contributed by atoms with Crippen molar-refractivity contribution in [1.82, 2.24) is 9.29 Å². The van der Waals surface area contributed by atoms with Gasteiger partial charge in [0.1, 0.15) is 5.52 Å². The molecule has 0 saturated heterocycles. The number of anilines is 2. The molecule has 0 atom stereocenters. The van der Waals surface area contributed by atoms with Crippen molar-refractivity contribution in [3.05, 3.63) is 18.2 Å². The highest BCUT2D eigenvalue weighted by Crippen LogP contribution is 2.20. The zero-order chi connectivity index (χ0) is 14.0. The first-order chi connectivity index (χ1) is 8.88. The molecule has 0 radical (unpaired) electrons. The van der Waals surface area contributed by atoms with E-state index in [0.717, 1.165) is 0 Å². The predicted molar refractivity (Wildman–Crippen MR) is 74.4 cm³/mol. The van der Waals surface area contributed by atoms with Gasteiger partial charge in [0, 0.05) is 26.3 Å². The Labute approximate surface area is 111 Å². The summed E-state index contributed by atoms with van der Waals surface area (Å²) >= 11 is 0. The highest BCUT2D eigenvalue weighted by molar-refractivity contribution is 7.89. The van der Waals surface area contributed by atoms with Gasteiger partial charge in [-0.25, -0.2) is 12.7 Å². The molecule has 104 valence electrons. The molecule has 8 heteroatoms. The third-order valence-electron chi connectivity index (χ3n) is 2.60. The van der Waals surface area contributed by atoms with E-state index in [1.165, 1.54) is 18.4 Å². The molecule has 2 rings (SSSR count). The predicted octanol–water partition coefficient (Wildman–Crippen LogP) is 0.713. The van der Waals surface area contributed by atoms with Crippen molar-refractivity contribution < 1.29 is 12.8 Å². The molecule has 1 aromatic carbocycles. The Morgan fingerprint density at radius 2 is 2.16 bits per heavy atom. The van der Waals surface area contributed by atoms with Crippen molar-refractivity contribution in [1.29, 1.82) is 0 Å². The Morgan fingerprint density at radius 1 is 1.42 bits per heavy atom. The van der Waals surface area contributed by atoms with Gasteiger partial charge in [-0.3, -0.25) is 0 Å². The van der Waals surface area contributed by atoms with E-state index in [2.05, 4.69) is 10.3 Å². The minimum absolute atomic E-state index is 0.0269. The van der Waals surface area contributed by atoms with Gasteiger partial charge in [-0.05, 0) is 18.2 Å². The summed E-state index contributed by atoms with van der Waals surface area (Å²) in [5, 5.41) is 2.84. The highest BCUT2D eigenvalue weighted by Gasteiger charge is 2.13. The molecule has 3 N–H and O–H groups in total. The first kappa shape index (κ1) is 13.6. The second kappa shape index (κ2) is 5.06. The zero-order valence-electron chi connectivity index (χ0n) is 10.8. The van der Waals surface area contributed by atoms with Gasteiger partial charge in [0.2, 0.25) is 10.0 Å². The fourth-order valence-electron chi connectivity index (χ4n) is 1.49. The van der Waals surface area contributed by atoms with Gasteiger partial charge in [-0.15, -0.1) is 0 Å². The van der Waals surface area contributed by atoms with Crippen LogP contribution >= 0.6 is 0 Å². The number of oxazole rings is 1. The Balaban J connectivity index is 2.03. The van der Waals surface area contributed by atoms with Crippen LogP contribution in [0.25, 0.3) is 11.1 Å². The average Bonchev–Trinajstić information content (AvgIpc) is 2.70. The second-order valence-electron chi connectivity index (χ2n) is 4.27. The molecule has 0 aliphatic heterocycles. The standard InChI is InChI=1S/C11H16N4O3S/c1-15(2)19(16,17)6-5-13-11-14-9-7-8(12)3-4-10(9)18-11/h3-4,7H,5-6,12H2,1-2H3,(H,13,14). The molecule has 19 heavy (non-hydrogen) atoms. The van der Waals surface area contributed by atoms with Crippen LogP contribution in [0.1, 0.15) is 0 Å². The van der Waals surface area contributed by atoms with Crippen LogP contribution in [0.15, 0.2) is 22.6 Å². The van der Waals surface area contributed by atoms with E-state index in [-0.39, 0.29) is 18.3 Å². The molecule has 0 fully saturated rings. The quantitative estimate of drug-likeness (QED) is 0.784. The van der Waals surface area contributed by atoms with Crippen LogP contribution in [-0.2, 0) is 10.0 Å². The topological polar surface area (TPSA) is 101 Å². The van der Waals surface area contributed by atoms with Crippen molar-refractivity contribution in [3.8, 4) is 0 Å². The molecular weight excluding hydrogens is 268 g/mol. The van der Waals surface area contributed by atoms with Gasteiger partial charge in [0.15, 0.2) is 5.58 Å². The van der Waals surface area contributed by atoms with Crippen LogP contribution in [0.2, 0.25) is 0 Å². The summed E-state index contributed by atoms with van der Waals surface area (Å²) in [5.74, 6) is -0.0269. The molecule has 2 aromatic rings. The Morgan fingerprint density at radius 3 is 2.84 bits per heavy atom. The third-order valence-corrected chi connectivity index (χ3v) is 4.44. The van der Waals surface area contributed by atoms with Crippen molar-refractivity contribution >= 4 is 32.8 Å². The van der Waals surface area contributed by atoms with Gasteiger partial charge in [0.05, 0.1) is 5.75 Å². The van der Waals surface area contributed by atoms with Crippen LogP contribution in [-0.4, -0.2) is 44.1 Å². The minimum atomic E-state index is -3.22. The lowest BCUT2D eigenvalue weighted by Crippen LogP contribution is -2.28. The summed E-state index contributed by atoms with van der Waals surface area (Å²) in [4.78, 5) is 4.17. The number of hydrogen-bond donors (Lipinski definition) is 2. The summed E-state index contributed by atoms with van der Waals surface area (Å²) in [6, 6.07) is 5.42. The van der Waals surface area contributed by atoms with Crippen LogP contribution in [0, 0.1) is 0 Å². The van der Waals surface area contributed by atoms with Gasteiger partial charge in [-0.1, -0.05) is 0 Å². The number of fused-ring (bicyclic) bond motifs is 1. The molecule has 0 amide bonds. The maximum atomic E-state index is 11.6. The fourth-order valence-corrected chi connectivity index (χ4v) is 2.21. The first-order valence-corrected chi connectivity index (χ1v) is 7.29. The number of nitrogens with two attached hydrogens (primary N) is 1. The van der Waals surface area contributed by atoms with E-state index in [1.807, 2.05) is 0 Å². The summed E-state index contributed by atoms with van der Waals surface area (Å²) < 4.78 is 29.7. The molecule has 0 spiro atoms. The molecule has 0 bridgehead atoms. The molecule has 0 aliphatic carbocycles. The van der Waals surface area contributed by atoms with Crippen LogP contribution in [0.3, 0.4) is 0 Å². The van der Waals surface area contributed by atoms with Crippen molar-refractivity contribution in [2.45, 2.75) is 0 Å². The molecule has 1 aromatic heterocycles. The Bertz CT molecular complexity index is 678. The summed E-state index contributed by atoms with van der Waals surface area (Å²) in [7, 11) is -0.229. The van der Waals surface area contributed by atoms with Crippen LogP contribution in [0.5, 0.6) is 0 Å². The molecular formula is C11H16N4O3S. The summed E-state index contributed by atoms with van der Waals surface area (Å²) in [5.41, 5.74) is 7.48. The average molecular weight is 284 g/mol. The van der Waals surface area contributed by atoms with Crippen molar-refractivity contribution in [2.24, 2.45) is 0 Å². The molecule has 1 heterocycles. The monoisotopic (exact) mass is 284 g/mol. The van der Waals surface area contributed by atoms with E-state index in [9.17, 15) is 8.42 Å². The lowest BCUT2D eigenvalue weighted by atomic mass is 10.3. The number of rotatable bonds is 5. The molecule has 7 nitrogen and oxygen atoms in total. The van der Waals surface area contributed by atoms with E-state index in [0.29, 0.717) is 16.8 Å². The normalized spacial score (nSPS) is 12.2. The highest BCUT2D eigenvalue weighted by atomic mass is 32.2. The van der Waals surface area contributed by atoms with Crippen molar-refractivity contribution in [2.75, 3.05) is 37.4 Å². The molecule has 0 saturated carbocycles. The lowest BCUT2D eigenvalue weighted by Gasteiger charge is -2.10. The lowest BCUT2D eigenvalue weighted by molar-refractivity contribution is 0.521. The van der Waals surface area contributed by atoms with E-state index >= 15 is 0 Å². The van der Waals surface area contributed by atoms with Gasteiger partial charge in [-0.2, -0.15) is 4.98 Å². The number of nitrogen functional groups attached to an aromatic ring is 1.